The predicted octanol–water partition coefficient (Wildman–Crippen LogP) is 0.0641. The molecule has 1 fully saturated rings. The summed E-state index contributed by atoms with van der Waals surface area (Å²) in [5.41, 5.74) is 1.70. The van der Waals surface area contributed by atoms with Crippen molar-refractivity contribution < 1.29 is 19.4 Å². The van der Waals surface area contributed by atoms with Gasteiger partial charge in [0.15, 0.2) is 5.69 Å². The SMILES string of the molecule is CN(C)CCn1nc(C(=O)O)c2c1CCN(C(=O)C1CCOC1)C2. The molecule has 1 saturated heterocycles. The summed E-state index contributed by atoms with van der Waals surface area (Å²) in [5, 5.41) is 13.7. The van der Waals surface area contributed by atoms with Gasteiger partial charge in [-0.15, -0.1) is 0 Å². The minimum absolute atomic E-state index is 0.0653. The van der Waals surface area contributed by atoms with Gasteiger partial charge in [0, 0.05) is 43.9 Å². The van der Waals surface area contributed by atoms with Gasteiger partial charge in [-0.05, 0) is 20.5 Å². The second-order valence-electron chi connectivity index (χ2n) is 6.68. The number of carbonyl (C=O) groups is 2. The molecule has 1 atom stereocenters. The first-order valence-corrected chi connectivity index (χ1v) is 8.30. The van der Waals surface area contributed by atoms with E-state index in [-0.39, 0.29) is 17.5 Å². The van der Waals surface area contributed by atoms with Crippen molar-refractivity contribution in [2.24, 2.45) is 5.92 Å². The van der Waals surface area contributed by atoms with Crippen LogP contribution in [-0.2, 0) is 29.0 Å². The number of likely N-dealkylation sites (N-methyl/N-ethyl adjacent to an activating group) is 1. The van der Waals surface area contributed by atoms with Crippen molar-refractivity contribution in [3.05, 3.63) is 17.0 Å². The molecule has 0 radical (unpaired) electrons. The molecule has 3 heterocycles. The minimum atomic E-state index is -1.03. The molecule has 1 aromatic rings. The highest BCUT2D eigenvalue weighted by molar-refractivity contribution is 5.88. The van der Waals surface area contributed by atoms with Crippen molar-refractivity contribution in [2.45, 2.75) is 25.9 Å². The van der Waals surface area contributed by atoms with Crippen molar-refractivity contribution in [3.63, 3.8) is 0 Å². The number of fused-ring (bicyclic) bond motifs is 1. The summed E-state index contributed by atoms with van der Waals surface area (Å²) in [6.07, 6.45) is 1.39. The second-order valence-corrected chi connectivity index (χ2v) is 6.68. The van der Waals surface area contributed by atoms with Crippen LogP contribution in [0.15, 0.2) is 0 Å². The van der Waals surface area contributed by atoms with E-state index in [1.165, 1.54) is 0 Å². The number of ether oxygens (including phenoxy) is 1. The number of amides is 1. The Labute approximate surface area is 141 Å². The third kappa shape index (κ3) is 3.29. The van der Waals surface area contributed by atoms with Gasteiger partial charge < -0.3 is 19.6 Å². The van der Waals surface area contributed by atoms with Crippen LogP contribution in [0.5, 0.6) is 0 Å². The van der Waals surface area contributed by atoms with Gasteiger partial charge in [-0.3, -0.25) is 9.48 Å². The van der Waals surface area contributed by atoms with Gasteiger partial charge in [0.25, 0.3) is 0 Å². The standard InChI is InChI=1S/C16H24N4O4/c1-18(2)6-7-20-13-3-5-19(15(21)11-4-8-24-10-11)9-12(13)14(17-20)16(22)23/h11H,3-10H2,1-2H3,(H,22,23). The van der Waals surface area contributed by atoms with E-state index in [1.54, 1.807) is 9.58 Å². The first-order valence-electron chi connectivity index (χ1n) is 8.30. The van der Waals surface area contributed by atoms with Crippen LogP contribution in [0.4, 0.5) is 0 Å². The average molecular weight is 336 g/mol. The Morgan fingerprint density at radius 1 is 1.42 bits per heavy atom. The fraction of sp³-hybridized carbons (Fsp3) is 0.688. The zero-order valence-electron chi connectivity index (χ0n) is 14.2. The number of nitrogens with zero attached hydrogens (tertiary/aromatic N) is 4. The maximum Gasteiger partial charge on any atom is 0.356 e. The lowest BCUT2D eigenvalue weighted by molar-refractivity contribution is -0.136. The van der Waals surface area contributed by atoms with Gasteiger partial charge >= 0.3 is 5.97 Å². The van der Waals surface area contributed by atoms with E-state index in [1.807, 2.05) is 19.0 Å². The number of hydrogen-bond acceptors (Lipinski definition) is 5. The zero-order chi connectivity index (χ0) is 17.3. The first-order chi connectivity index (χ1) is 11.5. The molecule has 1 N–H and O–H groups in total. The Morgan fingerprint density at radius 2 is 2.21 bits per heavy atom. The molecule has 0 aromatic carbocycles. The van der Waals surface area contributed by atoms with Gasteiger partial charge in [0.05, 0.1) is 19.1 Å². The first kappa shape index (κ1) is 16.9. The monoisotopic (exact) mass is 336 g/mol. The molecule has 0 aliphatic carbocycles. The van der Waals surface area contributed by atoms with Crippen molar-refractivity contribution in [1.82, 2.24) is 19.6 Å². The minimum Gasteiger partial charge on any atom is -0.476 e. The van der Waals surface area contributed by atoms with Gasteiger partial charge in [-0.1, -0.05) is 0 Å². The van der Waals surface area contributed by atoms with E-state index in [0.717, 1.165) is 18.7 Å². The van der Waals surface area contributed by atoms with Crippen LogP contribution >= 0.6 is 0 Å². The van der Waals surface area contributed by atoms with Crippen LogP contribution in [0.25, 0.3) is 0 Å². The van der Waals surface area contributed by atoms with Gasteiger partial charge in [-0.25, -0.2) is 4.79 Å². The maximum absolute atomic E-state index is 12.6. The summed E-state index contributed by atoms with van der Waals surface area (Å²) in [4.78, 5) is 27.9. The quantitative estimate of drug-likeness (QED) is 0.818. The normalized spacial score (nSPS) is 20.5. The Kier molecular flexibility index (Phi) is 4.86. The van der Waals surface area contributed by atoms with Gasteiger partial charge in [-0.2, -0.15) is 5.10 Å². The molecule has 1 amide bonds. The smallest absolute Gasteiger partial charge is 0.356 e. The second kappa shape index (κ2) is 6.90. The Bertz CT molecular complexity index is 634. The van der Waals surface area contributed by atoms with Crippen molar-refractivity contribution in [3.8, 4) is 0 Å². The Morgan fingerprint density at radius 3 is 2.83 bits per heavy atom. The van der Waals surface area contributed by atoms with E-state index in [9.17, 15) is 14.7 Å². The lowest BCUT2D eigenvalue weighted by Crippen LogP contribution is -2.40. The van der Waals surface area contributed by atoms with E-state index in [4.69, 9.17) is 4.74 Å². The fourth-order valence-corrected chi connectivity index (χ4v) is 3.32. The lowest BCUT2D eigenvalue weighted by Gasteiger charge is -2.29. The van der Waals surface area contributed by atoms with Crippen molar-refractivity contribution in [2.75, 3.05) is 40.4 Å². The topological polar surface area (TPSA) is 87.9 Å². The summed E-state index contributed by atoms with van der Waals surface area (Å²) in [5.74, 6) is -1.06. The third-order valence-electron chi connectivity index (χ3n) is 4.69. The molecule has 0 bridgehead atoms. The molecule has 8 heteroatoms. The molecule has 132 valence electrons. The number of carbonyl (C=O) groups excluding carboxylic acids is 1. The highest BCUT2D eigenvalue weighted by Crippen LogP contribution is 2.25. The highest BCUT2D eigenvalue weighted by Gasteiger charge is 2.33. The lowest BCUT2D eigenvalue weighted by atomic mass is 10.0. The summed E-state index contributed by atoms with van der Waals surface area (Å²) >= 11 is 0. The third-order valence-corrected chi connectivity index (χ3v) is 4.69. The maximum atomic E-state index is 12.6. The molecular weight excluding hydrogens is 312 g/mol. The van der Waals surface area contributed by atoms with Crippen LogP contribution in [0.3, 0.4) is 0 Å². The molecule has 8 nitrogen and oxygen atoms in total. The molecule has 2 aliphatic rings. The van der Waals surface area contributed by atoms with Crippen LogP contribution in [-0.4, -0.2) is 77.0 Å². The summed E-state index contributed by atoms with van der Waals surface area (Å²) in [7, 11) is 3.94. The van der Waals surface area contributed by atoms with Crippen molar-refractivity contribution >= 4 is 11.9 Å². The Hall–Kier alpha value is -1.93. The van der Waals surface area contributed by atoms with E-state index < -0.39 is 5.97 Å². The Balaban J connectivity index is 1.81. The van der Waals surface area contributed by atoms with Crippen LogP contribution < -0.4 is 0 Å². The number of rotatable bonds is 5. The van der Waals surface area contributed by atoms with E-state index in [2.05, 4.69) is 5.10 Å². The number of hydrogen-bond donors (Lipinski definition) is 1. The molecule has 1 aromatic heterocycles. The van der Waals surface area contributed by atoms with Crippen LogP contribution in [0.1, 0.15) is 28.2 Å². The molecule has 24 heavy (non-hydrogen) atoms. The van der Waals surface area contributed by atoms with E-state index >= 15 is 0 Å². The highest BCUT2D eigenvalue weighted by atomic mass is 16.5. The van der Waals surface area contributed by atoms with Crippen LogP contribution in [0.2, 0.25) is 0 Å². The zero-order valence-corrected chi connectivity index (χ0v) is 14.2. The number of carboxylic acid groups (broad SMARTS) is 1. The molecule has 0 spiro atoms. The van der Waals surface area contributed by atoms with E-state index in [0.29, 0.717) is 44.8 Å². The molecular formula is C16H24N4O4. The predicted molar refractivity (Wildman–Crippen MR) is 85.8 cm³/mol. The summed E-state index contributed by atoms with van der Waals surface area (Å²) < 4.78 is 7.09. The van der Waals surface area contributed by atoms with Crippen molar-refractivity contribution in [1.29, 1.82) is 0 Å². The summed E-state index contributed by atoms with van der Waals surface area (Å²) in [6, 6.07) is 0. The van der Waals surface area contributed by atoms with Gasteiger partial charge in [0.2, 0.25) is 5.91 Å². The van der Waals surface area contributed by atoms with Crippen LogP contribution in [0, 0.1) is 5.92 Å². The molecule has 1 unspecified atom stereocenters. The largest absolute Gasteiger partial charge is 0.476 e. The number of aromatic nitrogens is 2. The molecule has 3 rings (SSSR count). The molecule has 0 saturated carbocycles. The van der Waals surface area contributed by atoms with Gasteiger partial charge in [0.1, 0.15) is 0 Å². The fourth-order valence-electron chi connectivity index (χ4n) is 3.32. The average Bonchev–Trinajstić information content (AvgIpc) is 3.19. The summed E-state index contributed by atoms with van der Waals surface area (Å²) in [6.45, 7) is 3.46. The number of carboxylic acids is 1. The number of aromatic carboxylic acids is 1. The molecule has 2 aliphatic heterocycles.